The van der Waals surface area contributed by atoms with Crippen molar-refractivity contribution in [2.75, 3.05) is 19.8 Å². The van der Waals surface area contributed by atoms with E-state index in [0.717, 1.165) is 89.9 Å². The van der Waals surface area contributed by atoms with Crippen LogP contribution in [0.5, 0.6) is 0 Å². The second-order valence-electron chi connectivity index (χ2n) is 25.0. The van der Waals surface area contributed by atoms with Gasteiger partial charge in [-0.05, 0) is 103 Å². The Morgan fingerprint density at radius 2 is 0.769 bits per heavy atom. The molecule has 91 heavy (non-hydrogen) atoms. The van der Waals surface area contributed by atoms with Crippen LogP contribution in [0.4, 0.5) is 0 Å². The summed E-state index contributed by atoms with van der Waals surface area (Å²) < 4.78 is 22.8. The van der Waals surface area contributed by atoms with Crippen LogP contribution < -0.4 is 5.32 Å². The summed E-state index contributed by atoms with van der Waals surface area (Å²) in [6.45, 7) is 2.67. The third-order valence-electron chi connectivity index (χ3n) is 16.9. The number of nitrogens with one attached hydrogen (secondary N) is 1. The van der Waals surface area contributed by atoms with Gasteiger partial charge in [0.15, 0.2) is 12.6 Å². The lowest BCUT2D eigenvalue weighted by Gasteiger charge is -2.46. The van der Waals surface area contributed by atoms with Gasteiger partial charge >= 0.3 is 0 Å². The molecule has 0 spiro atoms. The van der Waals surface area contributed by atoms with E-state index in [0.29, 0.717) is 12.8 Å². The number of ether oxygens (including phenoxy) is 4. The number of carbonyl (C=O) groups excluding carboxylic acids is 1. The second kappa shape index (κ2) is 60.1. The molecule has 12 unspecified atom stereocenters. The van der Waals surface area contributed by atoms with Crippen LogP contribution in [-0.4, -0.2) is 140 Å². The second-order valence-corrected chi connectivity index (χ2v) is 25.0. The Kier molecular flexibility index (Phi) is 55.1. The molecule has 14 heteroatoms. The Bertz CT molecular complexity index is 1990. The molecular formula is C77H131NO13. The molecular weight excluding hydrogens is 1150 g/mol. The molecule has 2 aliphatic heterocycles. The number of aliphatic hydroxyl groups is 8. The van der Waals surface area contributed by atoms with E-state index in [-0.39, 0.29) is 18.9 Å². The summed E-state index contributed by atoms with van der Waals surface area (Å²) in [7, 11) is 0. The van der Waals surface area contributed by atoms with Crippen molar-refractivity contribution in [3.63, 3.8) is 0 Å². The summed E-state index contributed by atoms with van der Waals surface area (Å²) in [6.07, 6.45) is 71.1. The maximum absolute atomic E-state index is 13.3. The molecule has 9 N–H and O–H groups in total. The average molecular weight is 1280 g/mol. The smallest absolute Gasteiger partial charge is 0.220 e. The van der Waals surface area contributed by atoms with Gasteiger partial charge in [0, 0.05) is 6.42 Å². The number of carbonyl (C=O) groups is 1. The van der Waals surface area contributed by atoms with E-state index in [9.17, 15) is 45.6 Å². The van der Waals surface area contributed by atoms with E-state index in [1.165, 1.54) is 141 Å². The van der Waals surface area contributed by atoms with Crippen LogP contribution in [0.2, 0.25) is 0 Å². The summed E-state index contributed by atoms with van der Waals surface area (Å²) in [5.74, 6) is -0.256. The fraction of sp³-hybridized carbons (Fsp3) is 0.727. The third-order valence-corrected chi connectivity index (χ3v) is 16.9. The molecule has 0 aromatic heterocycles. The van der Waals surface area contributed by atoms with Crippen molar-refractivity contribution in [1.29, 1.82) is 0 Å². The van der Waals surface area contributed by atoms with E-state index in [2.05, 4.69) is 129 Å². The zero-order valence-corrected chi connectivity index (χ0v) is 56.8. The largest absolute Gasteiger partial charge is 0.394 e. The Balaban J connectivity index is 1.65. The number of amides is 1. The first kappa shape index (κ1) is 83.5. The fourth-order valence-electron chi connectivity index (χ4n) is 11.1. The Hall–Kier alpha value is -3.61. The van der Waals surface area contributed by atoms with Crippen LogP contribution in [-0.2, 0) is 23.7 Å². The topological polar surface area (TPSA) is 228 Å². The standard InChI is InChI=1S/C77H131NO13/c1-3-5-7-9-11-13-15-17-19-21-23-25-26-27-28-29-30-31-32-33-34-35-36-37-38-39-40-41-43-45-47-49-51-53-55-57-59-61-69(82)78-65(66(81)60-58-56-54-52-50-48-46-44-42-24-22-20-18-16-14-12-10-8-6-4-2)64-88-76-74(87)72(85)75(68(63-80)90-76)91-77-73(86)71(84)70(83)67(62-79)89-77/h5,7,11,13,17,19,23,25,27-28,30-31,33-34,42,44,50,52,58,60,65-68,70-77,79-81,83-87H,3-4,6,8-10,12,14-16,18,20-22,24,26,29,32,35-41,43,45-49,51,53-57,59,61-64H2,1-2H3,(H,78,82)/b7-5-,13-11-,19-17-,25-23-,28-27-,31-30-,34-33-,44-42+,52-50+,60-58+. The number of hydrogen-bond donors (Lipinski definition) is 9. The molecule has 2 rings (SSSR count). The molecule has 0 bridgehead atoms. The lowest BCUT2D eigenvalue weighted by molar-refractivity contribution is -0.359. The average Bonchev–Trinajstić information content (AvgIpc) is 1.04. The Morgan fingerprint density at radius 1 is 0.407 bits per heavy atom. The van der Waals surface area contributed by atoms with Crippen LogP contribution in [0.3, 0.4) is 0 Å². The number of allylic oxidation sites excluding steroid dienone is 19. The quantitative estimate of drug-likeness (QED) is 0.0204. The Labute approximate surface area is 552 Å². The molecule has 522 valence electrons. The summed E-state index contributed by atoms with van der Waals surface area (Å²) in [6, 6.07) is -0.946. The first-order chi connectivity index (χ1) is 44.6. The zero-order valence-electron chi connectivity index (χ0n) is 56.8. The minimum absolute atomic E-state index is 0.256. The molecule has 0 aromatic rings. The first-order valence-electron chi connectivity index (χ1n) is 36.3. The Morgan fingerprint density at radius 3 is 1.21 bits per heavy atom. The van der Waals surface area contributed by atoms with Gasteiger partial charge in [0.25, 0.3) is 0 Å². The van der Waals surface area contributed by atoms with E-state index >= 15 is 0 Å². The van der Waals surface area contributed by atoms with Crippen molar-refractivity contribution >= 4 is 5.91 Å². The molecule has 0 aromatic carbocycles. The predicted octanol–water partition coefficient (Wildman–Crippen LogP) is 15.3. The third kappa shape index (κ3) is 43.9. The highest BCUT2D eigenvalue weighted by atomic mass is 16.7. The van der Waals surface area contributed by atoms with Gasteiger partial charge in [-0.3, -0.25) is 4.79 Å². The van der Waals surface area contributed by atoms with Crippen LogP contribution in [0.1, 0.15) is 264 Å². The normalized spacial score (nSPS) is 23.5. The van der Waals surface area contributed by atoms with Crippen LogP contribution >= 0.6 is 0 Å². The van der Waals surface area contributed by atoms with Crippen LogP contribution in [0.15, 0.2) is 122 Å². The molecule has 2 aliphatic rings. The van der Waals surface area contributed by atoms with E-state index < -0.39 is 86.8 Å². The van der Waals surface area contributed by atoms with Gasteiger partial charge in [-0.25, -0.2) is 0 Å². The van der Waals surface area contributed by atoms with Crippen LogP contribution in [0.25, 0.3) is 0 Å². The van der Waals surface area contributed by atoms with Crippen molar-refractivity contribution in [2.45, 2.75) is 338 Å². The predicted molar refractivity (Wildman–Crippen MR) is 373 cm³/mol. The lowest BCUT2D eigenvalue weighted by atomic mass is 9.97. The van der Waals surface area contributed by atoms with Gasteiger partial charge in [-0.1, -0.05) is 277 Å². The molecule has 0 aliphatic carbocycles. The van der Waals surface area contributed by atoms with E-state index in [1.54, 1.807) is 6.08 Å². The highest BCUT2D eigenvalue weighted by Crippen LogP contribution is 2.30. The molecule has 12 atom stereocenters. The fourth-order valence-corrected chi connectivity index (χ4v) is 11.1. The number of rotatable bonds is 58. The van der Waals surface area contributed by atoms with Gasteiger partial charge in [0.2, 0.25) is 5.91 Å². The summed E-state index contributed by atoms with van der Waals surface area (Å²) in [5, 5.41) is 87.4. The van der Waals surface area contributed by atoms with Crippen molar-refractivity contribution in [1.82, 2.24) is 5.32 Å². The van der Waals surface area contributed by atoms with Crippen molar-refractivity contribution in [3.05, 3.63) is 122 Å². The zero-order chi connectivity index (χ0) is 65.9. The number of aliphatic hydroxyl groups excluding tert-OH is 8. The molecule has 0 radical (unpaired) electrons. The molecule has 14 nitrogen and oxygen atoms in total. The van der Waals surface area contributed by atoms with Crippen LogP contribution in [0, 0.1) is 0 Å². The number of unbranched alkanes of at least 4 members (excludes halogenated alkanes) is 27. The maximum Gasteiger partial charge on any atom is 0.220 e. The van der Waals surface area contributed by atoms with Gasteiger partial charge in [-0.2, -0.15) is 0 Å². The van der Waals surface area contributed by atoms with E-state index in [4.69, 9.17) is 18.9 Å². The minimum Gasteiger partial charge on any atom is -0.394 e. The summed E-state index contributed by atoms with van der Waals surface area (Å²) >= 11 is 0. The lowest BCUT2D eigenvalue weighted by Crippen LogP contribution is -2.65. The SMILES string of the molecule is CC/C=C\C/C=C\C/C=C\C/C=C\C/C=C\C/C=C\C/C=C\CCCCCCCCCCCCCCCCCC(=O)NC(COC1OC(CO)C(OC2OC(CO)C(O)C(O)C2O)C(O)C1O)C(O)/C=C/CC/C=C/CC/C=C/CCCCCCCCCCCC. The van der Waals surface area contributed by atoms with Gasteiger partial charge in [-0.15, -0.1) is 0 Å². The van der Waals surface area contributed by atoms with E-state index in [1.807, 2.05) is 6.08 Å². The van der Waals surface area contributed by atoms with Crippen molar-refractivity contribution in [2.24, 2.45) is 0 Å². The van der Waals surface area contributed by atoms with Gasteiger partial charge < -0.3 is 65.1 Å². The molecule has 2 saturated heterocycles. The maximum atomic E-state index is 13.3. The monoisotopic (exact) mass is 1280 g/mol. The van der Waals surface area contributed by atoms with Crippen molar-refractivity contribution in [3.8, 4) is 0 Å². The highest BCUT2D eigenvalue weighted by molar-refractivity contribution is 5.76. The van der Waals surface area contributed by atoms with Crippen molar-refractivity contribution < 1.29 is 64.6 Å². The first-order valence-corrected chi connectivity index (χ1v) is 36.3. The molecule has 0 saturated carbocycles. The highest BCUT2D eigenvalue weighted by Gasteiger charge is 2.51. The summed E-state index contributed by atoms with van der Waals surface area (Å²) in [5.41, 5.74) is 0. The molecule has 2 fully saturated rings. The minimum atomic E-state index is -1.80. The summed E-state index contributed by atoms with van der Waals surface area (Å²) in [4.78, 5) is 13.3. The van der Waals surface area contributed by atoms with Gasteiger partial charge in [0.1, 0.15) is 48.8 Å². The van der Waals surface area contributed by atoms with Gasteiger partial charge in [0.05, 0.1) is 32.0 Å². The molecule has 1 amide bonds. The molecule has 2 heterocycles. The number of hydrogen-bond acceptors (Lipinski definition) is 13.